The molecule has 0 bridgehead atoms. The van der Waals surface area contributed by atoms with E-state index in [0.717, 1.165) is 21.5 Å². The van der Waals surface area contributed by atoms with Crippen molar-refractivity contribution in [2.24, 2.45) is 0 Å². The smallest absolute Gasteiger partial charge is 0.324 e. The summed E-state index contributed by atoms with van der Waals surface area (Å²) in [6, 6.07) is 15.9. The van der Waals surface area contributed by atoms with Gasteiger partial charge >= 0.3 is 6.03 Å². The highest BCUT2D eigenvalue weighted by Gasteiger charge is 2.30. The van der Waals surface area contributed by atoms with E-state index in [1.54, 1.807) is 36.4 Å². The molecule has 0 fully saturated rings. The largest absolute Gasteiger partial charge is 0.332 e. The maximum Gasteiger partial charge on any atom is 0.332 e. The Kier molecular flexibility index (Phi) is 7.57. The van der Waals surface area contributed by atoms with E-state index in [0.29, 0.717) is 11.3 Å². The van der Waals surface area contributed by atoms with Crippen LogP contribution < -0.4 is 10.6 Å². The minimum Gasteiger partial charge on any atom is -0.324 e. The maximum absolute atomic E-state index is 13.2. The average molecular weight is 485 g/mol. The van der Waals surface area contributed by atoms with Crippen LogP contribution in [-0.4, -0.2) is 21.2 Å². The van der Waals surface area contributed by atoms with Crippen LogP contribution in [0.25, 0.3) is 0 Å². The molecule has 1 atom stereocenters. The fourth-order valence-corrected chi connectivity index (χ4v) is 3.53. The van der Waals surface area contributed by atoms with Gasteiger partial charge in [-0.1, -0.05) is 60.8 Å². The van der Waals surface area contributed by atoms with E-state index >= 15 is 0 Å². The second kappa shape index (κ2) is 10.4. The van der Waals surface area contributed by atoms with Crippen molar-refractivity contribution in [3.63, 3.8) is 0 Å². The first-order valence-electron chi connectivity index (χ1n) is 9.83. The van der Waals surface area contributed by atoms with Crippen LogP contribution in [0.4, 0.5) is 21.9 Å². The van der Waals surface area contributed by atoms with Gasteiger partial charge in [-0.15, -0.1) is 0 Å². The first-order valence-corrected chi connectivity index (χ1v) is 10.6. The van der Waals surface area contributed by atoms with E-state index in [1.165, 1.54) is 12.1 Å². The van der Waals surface area contributed by atoms with Crippen molar-refractivity contribution in [2.45, 2.75) is 19.9 Å². The van der Waals surface area contributed by atoms with Crippen molar-refractivity contribution < 1.29 is 14.5 Å². The fraction of sp³-hybridized carbons (Fsp3) is 0.130. The zero-order valence-electron chi connectivity index (χ0n) is 17.8. The summed E-state index contributed by atoms with van der Waals surface area (Å²) in [4.78, 5) is 36.6. The van der Waals surface area contributed by atoms with Gasteiger partial charge in [-0.05, 0) is 48.7 Å². The van der Waals surface area contributed by atoms with Crippen molar-refractivity contribution in [3.8, 4) is 0 Å². The molecule has 0 saturated heterocycles. The van der Waals surface area contributed by atoms with Crippen LogP contribution in [0.15, 0.2) is 66.7 Å². The number of hydrogen-bond donors (Lipinski definition) is 3. The molecular weight excluding hydrogens is 464 g/mol. The van der Waals surface area contributed by atoms with Gasteiger partial charge < -0.3 is 10.6 Å². The van der Waals surface area contributed by atoms with Crippen LogP contribution in [0.3, 0.4) is 0 Å². The Labute approximate surface area is 201 Å². The van der Waals surface area contributed by atoms with E-state index in [-0.39, 0.29) is 16.4 Å². The maximum atomic E-state index is 13.2. The average Bonchev–Trinajstić information content (AvgIpc) is 2.78. The number of nitrogens with one attached hydrogen (secondary N) is 2. The third-order valence-electron chi connectivity index (χ3n) is 4.99. The van der Waals surface area contributed by atoms with Crippen molar-refractivity contribution in [1.82, 2.24) is 4.31 Å². The number of non-ortho nitro benzene ring substituents is 1. The van der Waals surface area contributed by atoms with Gasteiger partial charge in [-0.2, -0.15) is 0 Å². The number of nitro groups is 1. The highest BCUT2D eigenvalue weighted by molar-refractivity contribution is 7.78. The molecule has 33 heavy (non-hydrogen) atoms. The molecule has 3 aromatic rings. The first-order chi connectivity index (χ1) is 15.7. The Morgan fingerprint density at radius 3 is 2.33 bits per heavy atom. The van der Waals surface area contributed by atoms with Gasteiger partial charge in [0.2, 0.25) is 0 Å². The molecule has 1 unspecified atom stereocenters. The van der Waals surface area contributed by atoms with Crippen LogP contribution in [0.2, 0.25) is 5.02 Å². The summed E-state index contributed by atoms with van der Waals surface area (Å²) in [6.45, 7) is 3.90. The number of aryl methyl sites for hydroxylation is 2. The van der Waals surface area contributed by atoms with Gasteiger partial charge in [0.25, 0.3) is 11.6 Å². The number of hydrogen-bond acceptors (Lipinski definition) is 5. The Morgan fingerprint density at radius 1 is 1.00 bits per heavy atom. The van der Waals surface area contributed by atoms with Gasteiger partial charge in [0.05, 0.1) is 15.6 Å². The third-order valence-corrected chi connectivity index (χ3v) is 5.74. The summed E-state index contributed by atoms with van der Waals surface area (Å²) in [7, 11) is 0. The van der Waals surface area contributed by atoms with Gasteiger partial charge in [0.1, 0.15) is 6.04 Å². The molecule has 0 aliphatic heterocycles. The summed E-state index contributed by atoms with van der Waals surface area (Å²) in [5, 5.41) is 16.5. The minimum absolute atomic E-state index is 0.0243. The predicted octanol–water partition coefficient (Wildman–Crippen LogP) is 5.92. The van der Waals surface area contributed by atoms with Gasteiger partial charge in [0.15, 0.2) is 0 Å². The molecule has 2 N–H and O–H groups in total. The topological polar surface area (TPSA) is 105 Å². The number of rotatable bonds is 6. The van der Waals surface area contributed by atoms with Crippen LogP contribution in [0, 0.1) is 24.0 Å². The highest BCUT2D eigenvalue weighted by atomic mass is 35.5. The number of nitrogens with zero attached hydrogens (tertiary/aromatic N) is 2. The van der Waals surface area contributed by atoms with E-state index in [9.17, 15) is 19.7 Å². The van der Waals surface area contributed by atoms with Crippen LogP contribution in [0.5, 0.6) is 0 Å². The lowest BCUT2D eigenvalue weighted by atomic mass is 10.1. The van der Waals surface area contributed by atoms with Gasteiger partial charge in [-0.3, -0.25) is 19.2 Å². The van der Waals surface area contributed by atoms with E-state index < -0.39 is 22.9 Å². The Bertz CT molecular complexity index is 1210. The van der Waals surface area contributed by atoms with Crippen LogP contribution in [-0.2, 0) is 4.79 Å². The zero-order valence-corrected chi connectivity index (χ0v) is 19.4. The normalized spacial score (nSPS) is 11.4. The lowest BCUT2D eigenvalue weighted by Gasteiger charge is -2.26. The van der Waals surface area contributed by atoms with Gasteiger partial charge in [0, 0.05) is 17.8 Å². The molecule has 0 saturated carbocycles. The molecule has 3 rings (SSSR count). The molecule has 0 aromatic heterocycles. The second-order valence-corrected chi connectivity index (χ2v) is 8.14. The zero-order chi connectivity index (χ0) is 24.1. The number of halogens is 1. The molecular formula is C23H21ClN4O4S. The van der Waals surface area contributed by atoms with E-state index in [1.807, 2.05) is 26.0 Å². The second-order valence-electron chi connectivity index (χ2n) is 7.30. The van der Waals surface area contributed by atoms with E-state index in [4.69, 9.17) is 11.6 Å². The summed E-state index contributed by atoms with van der Waals surface area (Å²) in [5.41, 5.74) is 2.97. The highest BCUT2D eigenvalue weighted by Crippen LogP contribution is 2.30. The van der Waals surface area contributed by atoms with Gasteiger partial charge in [-0.25, -0.2) is 4.79 Å². The molecule has 0 aliphatic carbocycles. The van der Waals surface area contributed by atoms with E-state index in [2.05, 4.69) is 23.4 Å². The summed E-state index contributed by atoms with van der Waals surface area (Å²) < 4.78 is 0.918. The number of anilines is 2. The Morgan fingerprint density at radius 2 is 1.70 bits per heavy atom. The van der Waals surface area contributed by atoms with Crippen molar-refractivity contribution in [1.29, 1.82) is 0 Å². The number of benzene rings is 3. The molecule has 0 aliphatic rings. The standard InChI is InChI=1S/C23H21ClN4O4S/c1-14-8-9-17(12-15(14)2)25-22(29)21(16-6-4-3-5-7-16)27(33)23(30)26-20-13-18(28(31)32)10-11-19(20)24/h3-13,21,33H,1-2H3,(H,25,29)(H,26,30). The Hall–Kier alpha value is -3.56. The van der Waals surface area contributed by atoms with Crippen LogP contribution >= 0.6 is 24.4 Å². The molecule has 8 nitrogen and oxygen atoms in total. The third kappa shape index (κ3) is 5.82. The molecule has 0 spiro atoms. The number of carbonyl (C=O) groups excluding carboxylic acids is 2. The summed E-state index contributed by atoms with van der Waals surface area (Å²) >= 11 is 10.4. The lowest BCUT2D eigenvalue weighted by molar-refractivity contribution is -0.384. The Balaban J connectivity index is 1.88. The van der Waals surface area contributed by atoms with Crippen molar-refractivity contribution in [2.75, 3.05) is 10.6 Å². The predicted molar refractivity (Wildman–Crippen MR) is 132 cm³/mol. The molecule has 170 valence electrons. The molecule has 10 heteroatoms. The van der Waals surface area contributed by atoms with Crippen LogP contribution in [0.1, 0.15) is 22.7 Å². The monoisotopic (exact) mass is 484 g/mol. The first kappa shape index (κ1) is 24.1. The summed E-state index contributed by atoms with van der Waals surface area (Å²) in [6.07, 6.45) is 0. The quantitative estimate of drug-likeness (QED) is 0.229. The van der Waals surface area contributed by atoms with Crippen molar-refractivity contribution >= 4 is 53.4 Å². The number of thiol groups is 1. The number of amides is 3. The molecule has 0 radical (unpaired) electrons. The fourth-order valence-electron chi connectivity index (χ4n) is 3.08. The summed E-state index contributed by atoms with van der Waals surface area (Å²) in [5.74, 6) is -0.486. The molecule has 3 aromatic carbocycles. The minimum atomic E-state index is -1.10. The SMILES string of the molecule is Cc1ccc(NC(=O)C(c2ccccc2)N(S)C(=O)Nc2cc([N+](=O)[O-])ccc2Cl)cc1C. The molecule has 0 heterocycles. The number of carbonyl (C=O) groups is 2. The number of nitro benzene ring substituents is 1. The lowest BCUT2D eigenvalue weighted by Crippen LogP contribution is -2.38. The number of urea groups is 1. The van der Waals surface area contributed by atoms with Crippen molar-refractivity contribution in [3.05, 3.63) is 98.6 Å². The molecule has 3 amide bonds.